The molecule has 0 aliphatic carbocycles. The van der Waals surface area contributed by atoms with Gasteiger partial charge in [0.05, 0.1) is 0 Å². The molecule has 0 saturated heterocycles. The minimum Gasteiger partial charge on any atom is -0.486 e. The molecule has 2 rings (SSSR count). The van der Waals surface area contributed by atoms with Crippen molar-refractivity contribution >= 4 is 18.0 Å². The van der Waals surface area contributed by atoms with E-state index >= 15 is 0 Å². The van der Waals surface area contributed by atoms with Crippen molar-refractivity contribution in [1.29, 1.82) is 0 Å². The molecule has 0 atom stereocenters. The van der Waals surface area contributed by atoms with Crippen LogP contribution in [0.4, 0.5) is 0 Å². The van der Waals surface area contributed by atoms with Crippen LogP contribution in [0.1, 0.15) is 18.1 Å². The van der Waals surface area contributed by atoms with E-state index in [2.05, 4.69) is 5.32 Å². The van der Waals surface area contributed by atoms with Crippen LogP contribution in [-0.2, 0) is 9.59 Å². The second kappa shape index (κ2) is 5.64. The van der Waals surface area contributed by atoms with Crippen molar-refractivity contribution in [2.75, 3.05) is 13.2 Å². The fraction of sp³-hybridized carbons (Fsp3) is 0.286. The third-order valence-corrected chi connectivity index (χ3v) is 2.70. The van der Waals surface area contributed by atoms with Gasteiger partial charge in [0.1, 0.15) is 18.9 Å². The smallest absolute Gasteiger partial charge is 0.352 e. The van der Waals surface area contributed by atoms with E-state index in [1.54, 1.807) is 12.1 Å². The van der Waals surface area contributed by atoms with Crippen molar-refractivity contribution in [3.8, 4) is 11.5 Å². The maximum absolute atomic E-state index is 11.1. The number of carbonyl (C=O) groups is 2. The quantitative estimate of drug-likeness (QED) is 0.814. The zero-order valence-corrected chi connectivity index (χ0v) is 11.2. The number of rotatable bonds is 3. The van der Waals surface area contributed by atoms with Crippen molar-refractivity contribution < 1.29 is 24.2 Å². The Balaban J connectivity index is 2.39. The monoisotopic (exact) mass is 277 g/mol. The molecule has 6 nitrogen and oxygen atoms in total. The summed E-state index contributed by atoms with van der Waals surface area (Å²) in [5.74, 6) is -0.388. The lowest BCUT2D eigenvalue weighted by atomic mass is 10.1. The fourth-order valence-electron chi connectivity index (χ4n) is 1.95. The molecule has 0 aromatic heterocycles. The Hall–Kier alpha value is -2.50. The van der Waals surface area contributed by atoms with Crippen LogP contribution >= 0.6 is 0 Å². The molecule has 0 fully saturated rings. The van der Waals surface area contributed by atoms with Gasteiger partial charge in [0.25, 0.3) is 0 Å². The number of hydrogen-bond acceptors (Lipinski definition) is 4. The Morgan fingerprint density at radius 3 is 2.65 bits per heavy atom. The van der Waals surface area contributed by atoms with Gasteiger partial charge in [-0.3, -0.25) is 4.79 Å². The number of benzene rings is 1. The topological polar surface area (TPSA) is 84.9 Å². The predicted molar refractivity (Wildman–Crippen MR) is 71.6 cm³/mol. The molecule has 1 amide bonds. The van der Waals surface area contributed by atoms with Gasteiger partial charge in [0.15, 0.2) is 11.5 Å². The molecule has 0 saturated carbocycles. The summed E-state index contributed by atoms with van der Waals surface area (Å²) in [6.45, 7) is 4.06. The molecule has 1 aromatic rings. The molecule has 0 unspecified atom stereocenters. The summed E-state index contributed by atoms with van der Waals surface area (Å²) in [4.78, 5) is 22.1. The number of carboxylic acid groups (broad SMARTS) is 1. The summed E-state index contributed by atoms with van der Waals surface area (Å²) < 4.78 is 11.0. The first-order valence-corrected chi connectivity index (χ1v) is 6.10. The first kappa shape index (κ1) is 13.9. The Morgan fingerprint density at radius 2 is 2.00 bits per heavy atom. The molecule has 6 heteroatoms. The zero-order chi connectivity index (χ0) is 14.7. The second-order valence-electron chi connectivity index (χ2n) is 4.41. The summed E-state index contributed by atoms with van der Waals surface area (Å²) in [6.07, 6.45) is 1.38. The van der Waals surface area contributed by atoms with Crippen LogP contribution < -0.4 is 14.8 Å². The van der Waals surface area contributed by atoms with Crippen LogP contribution in [0.25, 0.3) is 6.08 Å². The molecule has 0 radical (unpaired) electrons. The molecule has 1 heterocycles. The number of amides is 1. The van der Waals surface area contributed by atoms with Crippen molar-refractivity contribution in [1.82, 2.24) is 5.32 Å². The average Bonchev–Trinajstić information content (AvgIpc) is 2.37. The van der Waals surface area contributed by atoms with Gasteiger partial charge >= 0.3 is 5.97 Å². The molecular formula is C14H15NO5. The summed E-state index contributed by atoms with van der Waals surface area (Å²) in [5.41, 5.74) is 1.28. The third-order valence-electron chi connectivity index (χ3n) is 2.70. The normalized spacial score (nSPS) is 13.8. The van der Waals surface area contributed by atoms with Crippen LogP contribution in [0.15, 0.2) is 17.8 Å². The Labute approximate surface area is 116 Å². The van der Waals surface area contributed by atoms with E-state index < -0.39 is 11.9 Å². The van der Waals surface area contributed by atoms with Gasteiger partial charge in [-0.05, 0) is 36.3 Å². The lowest BCUT2D eigenvalue weighted by molar-refractivity contribution is -0.134. The van der Waals surface area contributed by atoms with E-state index in [0.29, 0.717) is 30.3 Å². The molecule has 1 aromatic carbocycles. The largest absolute Gasteiger partial charge is 0.486 e. The van der Waals surface area contributed by atoms with Gasteiger partial charge < -0.3 is 19.9 Å². The minimum absolute atomic E-state index is 0.187. The van der Waals surface area contributed by atoms with Crippen LogP contribution in [0.3, 0.4) is 0 Å². The molecular weight excluding hydrogens is 262 g/mol. The lowest BCUT2D eigenvalue weighted by Crippen LogP contribution is -2.24. The van der Waals surface area contributed by atoms with Crippen molar-refractivity contribution in [2.45, 2.75) is 13.8 Å². The van der Waals surface area contributed by atoms with Crippen molar-refractivity contribution in [3.63, 3.8) is 0 Å². The number of aryl methyl sites for hydroxylation is 1. The van der Waals surface area contributed by atoms with E-state index in [9.17, 15) is 9.59 Å². The van der Waals surface area contributed by atoms with Gasteiger partial charge in [-0.15, -0.1) is 0 Å². The Bertz CT molecular complexity index is 591. The standard InChI is InChI=1S/C14H15NO5/c1-8-5-10(6-11(14(17)18)15-9(2)16)7-12-13(8)20-4-3-19-12/h5-7H,3-4H2,1-2H3,(H,15,16)(H,17,18)/b11-6+. The summed E-state index contributed by atoms with van der Waals surface area (Å²) >= 11 is 0. The van der Waals surface area contributed by atoms with Crippen molar-refractivity contribution in [2.24, 2.45) is 0 Å². The predicted octanol–water partition coefficient (Wildman–Crippen LogP) is 1.33. The first-order chi connectivity index (χ1) is 9.47. The van der Waals surface area contributed by atoms with Gasteiger partial charge in [0.2, 0.25) is 5.91 Å². The van der Waals surface area contributed by atoms with E-state index in [0.717, 1.165) is 5.56 Å². The lowest BCUT2D eigenvalue weighted by Gasteiger charge is -2.20. The Kier molecular flexibility index (Phi) is 3.93. The molecule has 106 valence electrons. The Morgan fingerprint density at radius 1 is 1.30 bits per heavy atom. The number of hydrogen-bond donors (Lipinski definition) is 2. The van der Waals surface area contributed by atoms with Gasteiger partial charge in [0, 0.05) is 6.92 Å². The highest BCUT2D eigenvalue weighted by Crippen LogP contribution is 2.35. The van der Waals surface area contributed by atoms with Crippen LogP contribution in [0.2, 0.25) is 0 Å². The van der Waals surface area contributed by atoms with E-state index in [1.165, 1.54) is 13.0 Å². The maximum atomic E-state index is 11.1. The first-order valence-electron chi connectivity index (χ1n) is 6.10. The highest BCUT2D eigenvalue weighted by Gasteiger charge is 2.16. The van der Waals surface area contributed by atoms with E-state index in [4.69, 9.17) is 14.6 Å². The zero-order valence-electron chi connectivity index (χ0n) is 11.2. The SMILES string of the molecule is CC(=O)N/C(=C/c1cc(C)c2c(c1)OCCO2)C(=O)O. The van der Waals surface area contributed by atoms with Crippen LogP contribution in [-0.4, -0.2) is 30.2 Å². The highest BCUT2D eigenvalue weighted by molar-refractivity contribution is 5.96. The van der Waals surface area contributed by atoms with Crippen molar-refractivity contribution in [3.05, 3.63) is 29.0 Å². The molecule has 20 heavy (non-hydrogen) atoms. The maximum Gasteiger partial charge on any atom is 0.352 e. The molecule has 1 aliphatic rings. The number of carbonyl (C=O) groups excluding carboxylic acids is 1. The second-order valence-corrected chi connectivity index (χ2v) is 4.41. The van der Waals surface area contributed by atoms with Gasteiger partial charge in [-0.1, -0.05) is 0 Å². The molecule has 0 bridgehead atoms. The van der Waals surface area contributed by atoms with Gasteiger partial charge in [-0.25, -0.2) is 4.79 Å². The molecule has 0 spiro atoms. The van der Waals surface area contributed by atoms with Crippen LogP contribution in [0.5, 0.6) is 11.5 Å². The number of ether oxygens (including phenoxy) is 2. The number of carboxylic acids is 1. The number of fused-ring (bicyclic) bond motifs is 1. The summed E-state index contributed by atoms with van der Waals surface area (Å²) in [6, 6.07) is 3.46. The molecule has 1 aliphatic heterocycles. The average molecular weight is 277 g/mol. The minimum atomic E-state index is -1.20. The van der Waals surface area contributed by atoms with Gasteiger partial charge in [-0.2, -0.15) is 0 Å². The van der Waals surface area contributed by atoms with E-state index in [1.807, 2.05) is 6.92 Å². The fourth-order valence-corrected chi connectivity index (χ4v) is 1.95. The number of aliphatic carboxylic acids is 1. The van der Waals surface area contributed by atoms with E-state index in [-0.39, 0.29) is 5.70 Å². The number of nitrogens with one attached hydrogen (secondary N) is 1. The summed E-state index contributed by atoms with van der Waals surface area (Å²) in [5, 5.41) is 11.3. The van der Waals surface area contributed by atoms with Crippen LogP contribution in [0, 0.1) is 6.92 Å². The molecule has 2 N–H and O–H groups in total. The highest BCUT2D eigenvalue weighted by atomic mass is 16.6. The summed E-state index contributed by atoms with van der Waals surface area (Å²) in [7, 11) is 0. The third kappa shape index (κ3) is 3.09.